The molecule has 0 radical (unpaired) electrons. The maximum Gasteiger partial charge on any atom is 0.122 e. The molecule has 0 aliphatic carbocycles. The maximum absolute atomic E-state index is 5.29. The lowest BCUT2D eigenvalue weighted by Gasteiger charge is -2.22. The zero-order valence-electron chi connectivity index (χ0n) is 10.2. The van der Waals surface area contributed by atoms with Crippen LogP contribution in [-0.2, 0) is 0 Å². The number of aryl methyl sites for hydroxylation is 2. The molecular weight excluding hydrogens is 188 g/mol. The second kappa shape index (κ2) is 5.03. The quantitative estimate of drug-likeness (QED) is 0.765. The average Bonchev–Trinajstić information content (AvgIpc) is 2.21. The lowest BCUT2D eigenvalue weighted by Crippen LogP contribution is -2.28. The third kappa shape index (κ3) is 2.63. The first-order chi connectivity index (χ1) is 7.10. The van der Waals surface area contributed by atoms with Gasteiger partial charge in [0.2, 0.25) is 0 Å². The van der Waals surface area contributed by atoms with E-state index in [9.17, 15) is 0 Å². The molecule has 3 nitrogen and oxygen atoms in total. The summed E-state index contributed by atoms with van der Waals surface area (Å²) in [6, 6.07) is 4.24. The second-order valence-corrected chi connectivity index (χ2v) is 3.82. The number of nitrogens with one attached hydrogen (secondary N) is 1. The van der Waals surface area contributed by atoms with E-state index in [0.29, 0.717) is 0 Å². The van der Waals surface area contributed by atoms with Gasteiger partial charge in [0.05, 0.1) is 13.8 Å². The molecule has 3 heteroatoms. The van der Waals surface area contributed by atoms with Gasteiger partial charge in [0, 0.05) is 12.7 Å². The van der Waals surface area contributed by atoms with Crippen LogP contribution in [0.2, 0.25) is 0 Å². The molecule has 0 saturated carbocycles. The monoisotopic (exact) mass is 208 g/mol. The van der Waals surface area contributed by atoms with Crippen LogP contribution in [0.1, 0.15) is 11.1 Å². The molecule has 1 rings (SSSR count). The molecule has 0 bridgehead atoms. The topological polar surface area (TPSA) is 24.5 Å². The van der Waals surface area contributed by atoms with Crippen molar-refractivity contribution in [2.75, 3.05) is 32.8 Å². The molecule has 0 unspecified atom stereocenters. The fraction of sp³-hybridized carbons (Fsp3) is 0.500. The molecule has 0 amide bonds. The number of hydrogen-bond donors (Lipinski definition) is 1. The van der Waals surface area contributed by atoms with Crippen molar-refractivity contribution in [1.82, 2.24) is 5.32 Å². The Bertz CT molecular complexity index is 337. The molecule has 1 aromatic rings. The normalized spacial score (nSPS) is 10.2. The first-order valence-electron chi connectivity index (χ1n) is 5.11. The summed E-state index contributed by atoms with van der Waals surface area (Å²) in [7, 11) is 5.73. The Morgan fingerprint density at radius 2 is 1.93 bits per heavy atom. The standard InChI is InChI=1S/C12H20N2O/c1-9-7-12(15-5)10(2)6-11(9)14(4)8-13-3/h6-7,13H,8H2,1-5H3. The van der Waals surface area contributed by atoms with Gasteiger partial charge >= 0.3 is 0 Å². The van der Waals surface area contributed by atoms with Crippen LogP contribution in [0.3, 0.4) is 0 Å². The van der Waals surface area contributed by atoms with Crippen LogP contribution in [0.25, 0.3) is 0 Å². The first-order valence-corrected chi connectivity index (χ1v) is 5.11. The van der Waals surface area contributed by atoms with E-state index in [1.807, 2.05) is 7.05 Å². The van der Waals surface area contributed by atoms with E-state index in [1.165, 1.54) is 16.8 Å². The zero-order valence-corrected chi connectivity index (χ0v) is 10.2. The van der Waals surface area contributed by atoms with E-state index in [2.05, 4.69) is 43.2 Å². The summed E-state index contributed by atoms with van der Waals surface area (Å²) in [6.07, 6.45) is 0. The summed E-state index contributed by atoms with van der Waals surface area (Å²) < 4.78 is 5.29. The third-order valence-electron chi connectivity index (χ3n) is 2.52. The van der Waals surface area contributed by atoms with Gasteiger partial charge in [-0.3, -0.25) is 0 Å². The summed E-state index contributed by atoms with van der Waals surface area (Å²) in [4.78, 5) is 2.18. The Hall–Kier alpha value is -1.22. The summed E-state index contributed by atoms with van der Waals surface area (Å²) in [5.74, 6) is 0.953. The van der Waals surface area contributed by atoms with Crippen molar-refractivity contribution in [3.05, 3.63) is 23.3 Å². The highest BCUT2D eigenvalue weighted by Crippen LogP contribution is 2.27. The van der Waals surface area contributed by atoms with Gasteiger partial charge in [-0.25, -0.2) is 0 Å². The van der Waals surface area contributed by atoms with Crippen molar-refractivity contribution < 1.29 is 4.74 Å². The van der Waals surface area contributed by atoms with E-state index < -0.39 is 0 Å². The SMILES string of the molecule is CNCN(C)c1cc(C)c(OC)cc1C. The van der Waals surface area contributed by atoms with Crippen LogP contribution in [0, 0.1) is 13.8 Å². The average molecular weight is 208 g/mol. The van der Waals surface area contributed by atoms with Crippen LogP contribution in [0.15, 0.2) is 12.1 Å². The number of hydrogen-bond acceptors (Lipinski definition) is 3. The molecule has 0 aliphatic heterocycles. The molecule has 0 spiro atoms. The lowest BCUT2D eigenvalue weighted by molar-refractivity contribution is 0.411. The highest BCUT2D eigenvalue weighted by Gasteiger charge is 2.07. The number of nitrogens with zero attached hydrogens (tertiary/aromatic N) is 1. The predicted octanol–water partition coefficient (Wildman–Crippen LogP) is 1.93. The Morgan fingerprint density at radius 3 is 2.47 bits per heavy atom. The highest BCUT2D eigenvalue weighted by atomic mass is 16.5. The second-order valence-electron chi connectivity index (χ2n) is 3.82. The van der Waals surface area contributed by atoms with Crippen molar-refractivity contribution in [2.24, 2.45) is 0 Å². The van der Waals surface area contributed by atoms with Crippen LogP contribution >= 0.6 is 0 Å². The minimum atomic E-state index is 0.840. The van der Waals surface area contributed by atoms with Crippen LogP contribution in [0.4, 0.5) is 5.69 Å². The molecular formula is C12H20N2O. The fourth-order valence-corrected chi connectivity index (χ4v) is 1.73. The summed E-state index contributed by atoms with van der Waals surface area (Å²) >= 11 is 0. The van der Waals surface area contributed by atoms with E-state index in [4.69, 9.17) is 4.74 Å². The molecule has 0 aliphatic rings. The van der Waals surface area contributed by atoms with E-state index >= 15 is 0 Å². The van der Waals surface area contributed by atoms with Crippen molar-refractivity contribution >= 4 is 5.69 Å². The van der Waals surface area contributed by atoms with E-state index in [-0.39, 0.29) is 0 Å². The molecule has 0 atom stereocenters. The number of rotatable bonds is 4. The largest absolute Gasteiger partial charge is 0.496 e. The summed E-state index contributed by atoms with van der Waals surface area (Å²) in [6.45, 7) is 5.01. The van der Waals surface area contributed by atoms with Gasteiger partial charge in [0.25, 0.3) is 0 Å². The number of ether oxygens (including phenoxy) is 1. The Kier molecular flexibility index (Phi) is 3.97. The van der Waals surface area contributed by atoms with Gasteiger partial charge in [0.1, 0.15) is 5.75 Å². The van der Waals surface area contributed by atoms with Crippen molar-refractivity contribution in [3.8, 4) is 5.75 Å². The lowest BCUT2D eigenvalue weighted by atomic mass is 10.1. The van der Waals surface area contributed by atoms with Crippen molar-refractivity contribution in [3.63, 3.8) is 0 Å². The molecule has 0 saturated heterocycles. The van der Waals surface area contributed by atoms with Gasteiger partial charge in [-0.05, 0) is 44.2 Å². The fourth-order valence-electron chi connectivity index (χ4n) is 1.73. The zero-order chi connectivity index (χ0) is 11.4. The predicted molar refractivity (Wildman–Crippen MR) is 64.8 cm³/mol. The van der Waals surface area contributed by atoms with Crippen LogP contribution in [-0.4, -0.2) is 27.9 Å². The Morgan fingerprint density at radius 1 is 1.27 bits per heavy atom. The smallest absolute Gasteiger partial charge is 0.122 e. The molecule has 84 valence electrons. The molecule has 0 aromatic heterocycles. The molecule has 0 fully saturated rings. The van der Waals surface area contributed by atoms with Gasteiger partial charge < -0.3 is 15.0 Å². The number of anilines is 1. The molecule has 1 N–H and O–H groups in total. The summed E-state index contributed by atoms with van der Waals surface area (Å²) in [5, 5.41) is 3.14. The minimum absolute atomic E-state index is 0.840. The van der Waals surface area contributed by atoms with Crippen LogP contribution < -0.4 is 15.0 Å². The Labute approximate surface area is 92.0 Å². The molecule has 0 heterocycles. The van der Waals surface area contributed by atoms with Gasteiger partial charge in [-0.1, -0.05) is 0 Å². The minimum Gasteiger partial charge on any atom is -0.496 e. The van der Waals surface area contributed by atoms with Crippen LogP contribution in [0.5, 0.6) is 5.75 Å². The molecule has 15 heavy (non-hydrogen) atoms. The van der Waals surface area contributed by atoms with E-state index in [1.54, 1.807) is 7.11 Å². The summed E-state index contributed by atoms with van der Waals surface area (Å²) in [5.41, 5.74) is 3.64. The van der Waals surface area contributed by atoms with Crippen molar-refractivity contribution in [2.45, 2.75) is 13.8 Å². The van der Waals surface area contributed by atoms with Gasteiger partial charge in [-0.15, -0.1) is 0 Å². The first kappa shape index (κ1) is 11.9. The maximum atomic E-state index is 5.29. The van der Waals surface area contributed by atoms with E-state index in [0.717, 1.165) is 12.4 Å². The number of methoxy groups -OCH3 is 1. The third-order valence-corrected chi connectivity index (χ3v) is 2.52. The van der Waals surface area contributed by atoms with Gasteiger partial charge in [-0.2, -0.15) is 0 Å². The molecule has 1 aromatic carbocycles. The van der Waals surface area contributed by atoms with Gasteiger partial charge in [0.15, 0.2) is 0 Å². The Balaban J connectivity index is 3.04. The highest BCUT2D eigenvalue weighted by molar-refractivity contribution is 5.58. The number of benzene rings is 1. The van der Waals surface area contributed by atoms with Crippen molar-refractivity contribution in [1.29, 1.82) is 0 Å².